The van der Waals surface area contributed by atoms with Crippen molar-refractivity contribution in [2.75, 3.05) is 0 Å². The molecular weight excluding hydrogens is 774 g/mol. The standard InChI is InChI=1S/C29H41.C14H11Cl.C5H5.2ClH.Zr/c1-26(2,3)22-14-18-13-19-15-23(27(4,5)6)25(29(10,11)12)17-21(19)20(18)16-24(22)28(7,8)9;1-11-5-7-12(8-6-11)9-13-3-2-4-14(15)10-13;1-2-4-5-3-1;;;/h13-17H,1-12H3;2-8,10H,1H3;1-3H,4H2;2*1H;/q-1;;-1;;;+2/p-2. The third-order valence-corrected chi connectivity index (χ3v) is 10.9. The zero-order valence-corrected chi connectivity index (χ0v) is 38.3. The molecule has 0 heterocycles. The van der Waals surface area contributed by atoms with Gasteiger partial charge >= 0.3 is 116 Å². The minimum absolute atomic E-state index is 0. The van der Waals surface area contributed by atoms with Crippen molar-refractivity contribution >= 4 is 36.4 Å². The van der Waals surface area contributed by atoms with Gasteiger partial charge in [-0.05, 0) is 21.7 Å². The molecule has 5 aromatic rings. The van der Waals surface area contributed by atoms with Gasteiger partial charge in [-0.3, -0.25) is 6.08 Å². The summed E-state index contributed by atoms with van der Waals surface area (Å²) in [6.07, 6.45) is 10.0. The summed E-state index contributed by atoms with van der Waals surface area (Å²) in [5, 5.41) is 6.37. The van der Waals surface area contributed by atoms with Gasteiger partial charge < -0.3 is 24.8 Å². The zero-order valence-electron chi connectivity index (χ0n) is 33.6. The summed E-state index contributed by atoms with van der Waals surface area (Å²) in [7, 11) is 0. The fourth-order valence-electron chi connectivity index (χ4n) is 6.46. The number of rotatable bonds is 2. The normalized spacial score (nSPS) is 12.8. The van der Waals surface area contributed by atoms with Gasteiger partial charge in [0.25, 0.3) is 0 Å². The molecule has 4 heteroatoms. The first-order valence-electron chi connectivity index (χ1n) is 17.9. The summed E-state index contributed by atoms with van der Waals surface area (Å²) >= 11 is 7.40. The van der Waals surface area contributed by atoms with Crippen LogP contribution in [0.3, 0.4) is 0 Å². The van der Waals surface area contributed by atoms with Crippen LogP contribution in [-0.4, -0.2) is 3.21 Å². The summed E-state index contributed by atoms with van der Waals surface area (Å²) in [6, 6.07) is 29.0. The van der Waals surface area contributed by atoms with Crippen molar-refractivity contribution in [1.82, 2.24) is 0 Å². The maximum atomic E-state index is 6.00. The Bertz CT molecular complexity index is 1930. The van der Waals surface area contributed by atoms with Crippen LogP contribution in [0.4, 0.5) is 0 Å². The first-order chi connectivity index (χ1) is 23.1. The summed E-state index contributed by atoms with van der Waals surface area (Å²) < 4.78 is 1.34. The molecule has 0 atom stereocenters. The van der Waals surface area contributed by atoms with E-state index in [0.29, 0.717) is 0 Å². The maximum absolute atomic E-state index is 6.00. The summed E-state index contributed by atoms with van der Waals surface area (Å²) in [6.45, 7) is 30.2. The smallest absolute Gasteiger partial charge is 0.109 e. The SMILES string of the molecule is CC(C)(C)c1cc2[cH-]c3cc(C(C)(C)C)c(C(C)(C)C)cc3c2cc1C(C)(C)C.Cc1ccc([C](=[Zr+2])c2cccc(Cl)c2)cc1.[C-]1=CC=CC1.[Cl-].[Cl-]. The molecule has 0 unspecified atom stereocenters. The molecule has 0 radical (unpaired) electrons. The first-order valence-corrected chi connectivity index (χ1v) is 19.5. The van der Waals surface area contributed by atoms with Crippen LogP contribution in [0.1, 0.15) is 128 Å². The maximum Gasteiger partial charge on any atom is -0.109 e. The zero-order chi connectivity index (χ0) is 37.2. The van der Waals surface area contributed by atoms with Gasteiger partial charge in [0.05, 0.1) is 0 Å². The Hall–Kier alpha value is -2.15. The van der Waals surface area contributed by atoms with Crippen molar-refractivity contribution in [2.45, 2.75) is 118 Å². The van der Waals surface area contributed by atoms with Crippen LogP contribution in [-0.2, 0) is 45.9 Å². The number of halogens is 3. The van der Waals surface area contributed by atoms with Crippen molar-refractivity contribution in [3.05, 3.63) is 147 Å². The fraction of sp³-hybridized carbons (Fsp3) is 0.375. The van der Waals surface area contributed by atoms with E-state index in [1.165, 1.54) is 87.9 Å². The van der Waals surface area contributed by atoms with Crippen LogP contribution in [0.15, 0.2) is 97.1 Å². The molecular formula is C48H57Cl3Zr-2. The van der Waals surface area contributed by atoms with E-state index in [1.807, 2.05) is 30.4 Å². The van der Waals surface area contributed by atoms with Crippen LogP contribution in [0.5, 0.6) is 0 Å². The molecule has 52 heavy (non-hydrogen) atoms. The van der Waals surface area contributed by atoms with Crippen LogP contribution in [0, 0.1) is 13.0 Å². The molecule has 0 saturated carbocycles. The Morgan fingerprint density at radius 1 is 0.615 bits per heavy atom. The van der Waals surface area contributed by atoms with E-state index < -0.39 is 0 Å². The van der Waals surface area contributed by atoms with E-state index in [0.717, 1.165) is 11.4 Å². The predicted molar refractivity (Wildman–Crippen MR) is 219 cm³/mol. The van der Waals surface area contributed by atoms with Gasteiger partial charge in [0.15, 0.2) is 0 Å². The first kappa shape index (κ1) is 46.0. The predicted octanol–water partition coefficient (Wildman–Crippen LogP) is 7.98. The number of aryl methyl sites for hydroxylation is 1. The Morgan fingerprint density at radius 2 is 1.06 bits per heavy atom. The summed E-state index contributed by atoms with van der Waals surface area (Å²) in [5.41, 5.74) is 10.2. The van der Waals surface area contributed by atoms with Gasteiger partial charge in [0.2, 0.25) is 0 Å². The van der Waals surface area contributed by atoms with E-state index in [-0.39, 0.29) is 46.5 Å². The van der Waals surface area contributed by atoms with Crippen molar-refractivity contribution < 1.29 is 49.0 Å². The number of benzene rings is 4. The van der Waals surface area contributed by atoms with Crippen molar-refractivity contribution in [3.8, 4) is 0 Å². The quantitative estimate of drug-likeness (QED) is 0.159. The molecule has 0 saturated heterocycles. The Morgan fingerprint density at radius 3 is 1.40 bits per heavy atom. The van der Waals surface area contributed by atoms with E-state index >= 15 is 0 Å². The second-order valence-electron chi connectivity index (χ2n) is 17.9. The third-order valence-electron chi connectivity index (χ3n) is 9.25. The molecule has 1 aliphatic rings. The summed E-state index contributed by atoms with van der Waals surface area (Å²) in [4.78, 5) is 0. The molecule has 0 aliphatic heterocycles. The number of allylic oxidation sites excluding steroid dienone is 4. The van der Waals surface area contributed by atoms with Crippen molar-refractivity contribution in [3.63, 3.8) is 0 Å². The van der Waals surface area contributed by atoms with Crippen LogP contribution in [0.25, 0.3) is 21.5 Å². The molecule has 0 nitrogen and oxygen atoms in total. The van der Waals surface area contributed by atoms with E-state index in [2.05, 4.69) is 163 Å². The van der Waals surface area contributed by atoms with E-state index in [9.17, 15) is 0 Å². The summed E-state index contributed by atoms with van der Waals surface area (Å²) in [5.74, 6) is 0. The van der Waals surface area contributed by atoms with Gasteiger partial charge in [-0.2, -0.15) is 6.08 Å². The second kappa shape index (κ2) is 18.0. The molecule has 6 rings (SSSR count). The largest absolute Gasteiger partial charge is 1.00 e. The average molecular weight is 832 g/mol. The van der Waals surface area contributed by atoms with Crippen molar-refractivity contribution in [2.24, 2.45) is 0 Å². The van der Waals surface area contributed by atoms with Gasteiger partial charge in [0, 0.05) is 0 Å². The Kier molecular flexibility index (Phi) is 15.9. The molecule has 5 aromatic carbocycles. The number of fused-ring (bicyclic) bond motifs is 3. The molecule has 276 valence electrons. The minimum atomic E-state index is 0. The van der Waals surface area contributed by atoms with Crippen LogP contribution in [0.2, 0.25) is 5.02 Å². The second-order valence-corrected chi connectivity index (χ2v) is 19.5. The number of hydrogen-bond donors (Lipinski definition) is 0. The van der Waals surface area contributed by atoms with E-state index in [4.69, 9.17) is 11.6 Å². The monoisotopic (exact) mass is 828 g/mol. The van der Waals surface area contributed by atoms with Gasteiger partial charge in [0.1, 0.15) is 0 Å². The molecule has 1 aliphatic carbocycles. The molecule has 0 N–H and O–H groups in total. The molecule has 0 amide bonds. The Balaban J connectivity index is 0.000000340. The van der Waals surface area contributed by atoms with Gasteiger partial charge in [-0.25, -0.2) is 12.2 Å². The van der Waals surface area contributed by atoms with Gasteiger partial charge in [-0.15, -0.1) is 46.2 Å². The van der Waals surface area contributed by atoms with E-state index in [1.54, 1.807) is 0 Å². The van der Waals surface area contributed by atoms with Crippen LogP contribution >= 0.6 is 11.6 Å². The third kappa shape index (κ3) is 11.7. The topological polar surface area (TPSA) is 0 Å². The van der Waals surface area contributed by atoms with Crippen LogP contribution < -0.4 is 24.8 Å². The molecule has 0 spiro atoms. The molecule has 0 bridgehead atoms. The number of hydrogen-bond acceptors (Lipinski definition) is 0. The molecule has 0 aromatic heterocycles. The Labute approximate surface area is 348 Å². The fourth-order valence-corrected chi connectivity index (χ4v) is 7.44. The minimum Gasteiger partial charge on any atom is -1.00 e. The molecule has 0 fully saturated rings. The van der Waals surface area contributed by atoms with Crippen molar-refractivity contribution in [1.29, 1.82) is 0 Å². The van der Waals surface area contributed by atoms with Gasteiger partial charge in [-0.1, -0.05) is 117 Å². The average Bonchev–Trinajstić information content (AvgIpc) is 3.70.